The number of carbonyl (C=O) groups is 3. The number of nitrogens with two attached hydrogens (primary N) is 1. The molecule has 3 aliphatic carbocycles. The summed E-state index contributed by atoms with van der Waals surface area (Å²) in [4.78, 5) is 39.9. The minimum Gasteiger partial charge on any atom is -0.508 e. The van der Waals surface area contributed by atoms with Gasteiger partial charge in [0.25, 0.3) is 5.91 Å². The number of fused-ring (bicyclic) bond motifs is 3. The molecule has 2 aromatic rings. The predicted octanol–water partition coefficient (Wildman–Crippen LogP) is 1.90. The van der Waals surface area contributed by atoms with Crippen LogP contribution < -0.4 is 15.4 Å². The van der Waals surface area contributed by atoms with Crippen molar-refractivity contribution in [2.75, 3.05) is 26.1 Å². The Morgan fingerprint density at radius 2 is 1.77 bits per heavy atom. The Labute approximate surface area is 230 Å². The second-order valence-corrected chi connectivity index (χ2v) is 10.4. The van der Waals surface area contributed by atoms with Crippen molar-refractivity contribution in [3.63, 3.8) is 0 Å². The number of primary amides is 1. The van der Waals surface area contributed by atoms with E-state index in [9.17, 15) is 34.8 Å². The number of anilines is 1. The van der Waals surface area contributed by atoms with Gasteiger partial charge in [-0.1, -0.05) is 11.8 Å². The van der Waals surface area contributed by atoms with E-state index in [1.165, 1.54) is 0 Å². The topological polar surface area (TPSA) is 171 Å². The average Bonchev–Trinajstić information content (AvgIpc) is 2.90. The van der Waals surface area contributed by atoms with Crippen LogP contribution in [0.25, 0.3) is 5.76 Å². The van der Waals surface area contributed by atoms with E-state index < -0.39 is 52.0 Å². The zero-order chi connectivity index (χ0) is 29.1. The van der Waals surface area contributed by atoms with Gasteiger partial charge < -0.3 is 35.8 Å². The highest BCUT2D eigenvalue weighted by molar-refractivity contribution is 6.22. The molecule has 3 aliphatic rings. The molecule has 3 atom stereocenters. The van der Waals surface area contributed by atoms with Crippen LogP contribution in [0.3, 0.4) is 0 Å². The maximum absolute atomic E-state index is 13.7. The van der Waals surface area contributed by atoms with E-state index in [0.717, 1.165) is 0 Å². The molecule has 1 fully saturated rings. The molecule has 2 aromatic carbocycles. The largest absolute Gasteiger partial charge is 0.508 e. The van der Waals surface area contributed by atoms with Gasteiger partial charge in [0.1, 0.15) is 28.6 Å². The number of carbonyl (C=O) groups excluding carboxylic acids is 3. The maximum Gasteiger partial charge on any atom is 0.255 e. The molecule has 0 heterocycles. The number of rotatable bonds is 3. The number of Topliss-reactive ketones (excluding diaryl/α,β-unsaturated/α-hetero) is 2. The fourth-order valence-electron chi connectivity index (χ4n) is 5.98. The van der Waals surface area contributed by atoms with E-state index in [0.29, 0.717) is 22.6 Å². The number of nitrogens with zero attached hydrogens (tertiary/aromatic N) is 1. The Hall–Kier alpha value is -4.75. The van der Waals surface area contributed by atoms with Gasteiger partial charge in [-0.3, -0.25) is 14.4 Å². The maximum atomic E-state index is 13.7. The lowest BCUT2D eigenvalue weighted by molar-refractivity contribution is -0.147. The molecule has 0 spiro atoms. The van der Waals surface area contributed by atoms with Crippen LogP contribution >= 0.6 is 0 Å². The molecule has 0 saturated heterocycles. The number of aromatic hydroxyl groups is 1. The van der Waals surface area contributed by atoms with Gasteiger partial charge in [-0.25, -0.2) is 0 Å². The summed E-state index contributed by atoms with van der Waals surface area (Å²) in [6, 6.07) is 8.70. The van der Waals surface area contributed by atoms with E-state index in [1.807, 2.05) is 0 Å². The zero-order valence-electron chi connectivity index (χ0n) is 22.1. The molecule has 0 radical (unpaired) electrons. The van der Waals surface area contributed by atoms with E-state index in [1.54, 1.807) is 56.4 Å². The number of benzene rings is 2. The Balaban J connectivity index is 1.67. The van der Waals surface area contributed by atoms with Crippen LogP contribution in [0.5, 0.6) is 11.5 Å². The minimum absolute atomic E-state index is 0.00244. The quantitative estimate of drug-likeness (QED) is 0.286. The Morgan fingerprint density at radius 3 is 2.38 bits per heavy atom. The summed E-state index contributed by atoms with van der Waals surface area (Å²) in [6.45, 7) is 0. The second-order valence-electron chi connectivity index (χ2n) is 10.4. The van der Waals surface area contributed by atoms with Crippen molar-refractivity contribution in [3.8, 4) is 23.3 Å². The van der Waals surface area contributed by atoms with Crippen LogP contribution in [0, 0.1) is 23.7 Å². The van der Waals surface area contributed by atoms with Crippen molar-refractivity contribution in [2.45, 2.75) is 24.9 Å². The molecular weight excluding hydrogens is 516 g/mol. The lowest BCUT2D eigenvalue weighted by Crippen LogP contribution is -2.58. The molecule has 40 heavy (non-hydrogen) atoms. The van der Waals surface area contributed by atoms with Crippen molar-refractivity contribution >= 4 is 28.9 Å². The molecule has 10 nitrogen and oxygen atoms in total. The average molecular weight is 545 g/mol. The molecule has 0 aliphatic heterocycles. The SMILES string of the molecule is COc1ccc(C#Cc2cc(N(C)C)c3c(c2O)C(O)=C2C(=O)[C@]4(O)C(O)=C(C(N)=O)C(=O)C[C@@H]4C[C@@H]2C3)cc1. The molecule has 0 aromatic heterocycles. The first-order valence-corrected chi connectivity index (χ1v) is 12.6. The number of aliphatic hydroxyl groups is 3. The van der Waals surface area contributed by atoms with Crippen molar-refractivity contribution in [1.82, 2.24) is 0 Å². The Kier molecular flexibility index (Phi) is 6.35. The molecular formula is C30H28N2O8. The highest BCUT2D eigenvalue weighted by Crippen LogP contribution is 2.53. The molecule has 1 saturated carbocycles. The minimum atomic E-state index is -2.61. The van der Waals surface area contributed by atoms with E-state index >= 15 is 0 Å². The normalized spacial score (nSPS) is 23.5. The summed E-state index contributed by atoms with van der Waals surface area (Å²) >= 11 is 0. The Morgan fingerprint density at radius 1 is 1.10 bits per heavy atom. The summed E-state index contributed by atoms with van der Waals surface area (Å²) < 4.78 is 5.16. The standard InChI is InChI=1S/C30H28N2O8/c1-32(2)20-12-15(7-4-14-5-8-18(40-3)9-6-14)25(34)23-19(20)11-16-10-17-13-21(33)24(29(31)38)28(37)30(17,39)27(36)22(16)26(23)35/h5-6,8-9,12,16-17,34-35,37,39H,10-11,13H2,1-3H3,(H2,31,38)/t16-,17+,30+/m1/s1. The van der Waals surface area contributed by atoms with Crippen LogP contribution in [0.15, 0.2) is 47.2 Å². The van der Waals surface area contributed by atoms with Crippen LogP contribution in [0.1, 0.15) is 35.1 Å². The highest BCUT2D eigenvalue weighted by atomic mass is 16.5. The van der Waals surface area contributed by atoms with Crippen molar-refractivity contribution in [2.24, 2.45) is 17.6 Å². The fraction of sp³-hybridized carbons (Fsp3) is 0.300. The van der Waals surface area contributed by atoms with Crippen LogP contribution in [-0.4, -0.2) is 64.7 Å². The third-order valence-electron chi connectivity index (χ3n) is 7.95. The van der Waals surface area contributed by atoms with E-state index in [4.69, 9.17) is 10.5 Å². The van der Waals surface area contributed by atoms with Crippen LogP contribution in [0.2, 0.25) is 0 Å². The Bertz CT molecular complexity index is 1610. The lowest BCUT2D eigenvalue weighted by Gasteiger charge is -2.46. The lowest BCUT2D eigenvalue weighted by atomic mass is 9.59. The second kappa shape index (κ2) is 9.47. The molecule has 5 rings (SSSR count). The first-order valence-electron chi connectivity index (χ1n) is 12.6. The zero-order valence-corrected chi connectivity index (χ0v) is 22.1. The van der Waals surface area contributed by atoms with E-state index in [2.05, 4.69) is 11.8 Å². The van der Waals surface area contributed by atoms with Gasteiger partial charge in [0.05, 0.1) is 18.2 Å². The van der Waals surface area contributed by atoms with Gasteiger partial charge in [-0.15, -0.1) is 0 Å². The summed E-state index contributed by atoms with van der Waals surface area (Å²) in [5.74, 6) is -0.137. The number of phenols is 1. The number of hydrogen-bond acceptors (Lipinski definition) is 9. The van der Waals surface area contributed by atoms with Gasteiger partial charge in [0.15, 0.2) is 11.4 Å². The van der Waals surface area contributed by atoms with Gasteiger partial charge in [-0.2, -0.15) is 0 Å². The number of methoxy groups -OCH3 is 1. The van der Waals surface area contributed by atoms with Gasteiger partial charge in [-0.05, 0) is 54.7 Å². The van der Waals surface area contributed by atoms with Crippen LogP contribution in [-0.2, 0) is 20.8 Å². The number of ketones is 2. The number of aliphatic hydroxyl groups excluding tert-OH is 2. The third kappa shape index (κ3) is 3.89. The molecule has 0 bridgehead atoms. The van der Waals surface area contributed by atoms with Gasteiger partial charge in [0.2, 0.25) is 5.78 Å². The highest BCUT2D eigenvalue weighted by Gasteiger charge is 2.60. The van der Waals surface area contributed by atoms with Crippen molar-refractivity contribution in [3.05, 3.63) is 69.5 Å². The summed E-state index contributed by atoms with van der Waals surface area (Å²) in [5.41, 5.74) is 3.69. The monoisotopic (exact) mass is 544 g/mol. The molecule has 10 heteroatoms. The van der Waals surface area contributed by atoms with Gasteiger partial charge in [0, 0.05) is 43.3 Å². The van der Waals surface area contributed by atoms with Crippen molar-refractivity contribution in [1.29, 1.82) is 0 Å². The third-order valence-corrected chi connectivity index (χ3v) is 7.95. The molecule has 0 unspecified atom stereocenters. The predicted molar refractivity (Wildman–Crippen MR) is 145 cm³/mol. The van der Waals surface area contributed by atoms with Gasteiger partial charge >= 0.3 is 0 Å². The van der Waals surface area contributed by atoms with Crippen molar-refractivity contribution < 1.29 is 39.5 Å². The molecule has 1 amide bonds. The summed E-state index contributed by atoms with van der Waals surface area (Å²) in [7, 11) is 5.14. The smallest absolute Gasteiger partial charge is 0.255 e. The summed E-state index contributed by atoms with van der Waals surface area (Å²) in [6.07, 6.45) is -0.0924. The molecule has 206 valence electrons. The number of hydrogen-bond donors (Lipinski definition) is 5. The number of phenolic OH excluding ortho intramolecular Hbond substituents is 1. The first kappa shape index (κ1) is 26.8. The fourth-order valence-corrected chi connectivity index (χ4v) is 5.98. The number of ether oxygens (including phenoxy) is 1. The molecule has 6 N–H and O–H groups in total. The van der Waals surface area contributed by atoms with E-state index in [-0.39, 0.29) is 41.7 Å². The summed E-state index contributed by atoms with van der Waals surface area (Å²) in [5, 5.41) is 44.9. The first-order chi connectivity index (χ1) is 18.9. The number of amides is 1. The van der Waals surface area contributed by atoms with Crippen LogP contribution in [0.4, 0.5) is 5.69 Å².